The molecule has 0 saturated heterocycles. The number of para-hydroxylation sites is 1. The van der Waals surface area contributed by atoms with Crippen molar-refractivity contribution >= 4 is 5.69 Å². The van der Waals surface area contributed by atoms with Gasteiger partial charge in [-0.25, -0.2) is 0 Å². The van der Waals surface area contributed by atoms with Crippen LogP contribution in [-0.4, -0.2) is 20.6 Å². The molecule has 0 radical (unpaired) electrons. The molecule has 0 bridgehead atoms. The van der Waals surface area contributed by atoms with Crippen LogP contribution in [0.5, 0.6) is 0 Å². The predicted molar refractivity (Wildman–Crippen MR) is 87.1 cm³/mol. The van der Waals surface area contributed by atoms with Crippen molar-refractivity contribution in [2.75, 3.05) is 25.5 Å². The van der Waals surface area contributed by atoms with Crippen LogP contribution in [0.1, 0.15) is 12.0 Å². The number of nitrogens with one attached hydrogen (secondary N) is 1. The zero-order chi connectivity index (χ0) is 15.1. The van der Waals surface area contributed by atoms with Crippen molar-refractivity contribution in [3.05, 3.63) is 66.2 Å². The first kappa shape index (κ1) is 15.1. The Hall–Kier alpha value is -2.31. The first-order valence-corrected chi connectivity index (χ1v) is 7.14. The predicted octanol–water partition coefficient (Wildman–Crippen LogP) is 3.15. The molecular weight excluding hydrogens is 258 g/mol. The van der Waals surface area contributed by atoms with E-state index >= 15 is 0 Å². The van der Waals surface area contributed by atoms with Crippen LogP contribution < -0.4 is 10.2 Å². The molecule has 0 amide bonds. The molecule has 1 N–H and O–H groups in total. The second kappa shape index (κ2) is 6.92. The van der Waals surface area contributed by atoms with Crippen molar-refractivity contribution in [2.24, 2.45) is 0 Å². The number of nitriles is 1. The first-order chi connectivity index (χ1) is 10.2. The lowest BCUT2D eigenvalue weighted by atomic mass is 9.88. The van der Waals surface area contributed by atoms with Gasteiger partial charge in [0.15, 0.2) is 0 Å². The highest BCUT2D eigenvalue weighted by Crippen LogP contribution is 2.25. The fourth-order valence-corrected chi connectivity index (χ4v) is 2.46. The minimum Gasteiger partial charge on any atom is -0.374 e. The molecule has 0 aliphatic heterocycles. The summed E-state index contributed by atoms with van der Waals surface area (Å²) in [5.74, 6) is 0. The van der Waals surface area contributed by atoms with Crippen molar-refractivity contribution in [1.29, 1.82) is 5.26 Å². The van der Waals surface area contributed by atoms with Gasteiger partial charge in [-0.05, 0) is 24.7 Å². The Bertz CT molecular complexity index is 589. The Kier molecular flexibility index (Phi) is 4.97. The molecular formula is C18H21N3. The second-order valence-corrected chi connectivity index (χ2v) is 5.14. The molecule has 0 aliphatic rings. The average Bonchev–Trinajstić information content (AvgIpc) is 2.58. The highest BCUT2D eigenvalue weighted by molar-refractivity contribution is 5.45. The van der Waals surface area contributed by atoms with Gasteiger partial charge in [0.05, 0.1) is 6.07 Å². The van der Waals surface area contributed by atoms with E-state index < -0.39 is 5.54 Å². The molecule has 108 valence electrons. The second-order valence-electron chi connectivity index (χ2n) is 5.14. The Morgan fingerprint density at radius 1 is 1.05 bits per heavy atom. The van der Waals surface area contributed by atoms with E-state index in [9.17, 15) is 5.26 Å². The van der Waals surface area contributed by atoms with Gasteiger partial charge in [0.25, 0.3) is 0 Å². The quantitative estimate of drug-likeness (QED) is 0.883. The largest absolute Gasteiger partial charge is 0.374 e. The van der Waals surface area contributed by atoms with Gasteiger partial charge in [-0.15, -0.1) is 0 Å². The maximum absolute atomic E-state index is 9.68. The third-order valence-corrected chi connectivity index (χ3v) is 3.90. The van der Waals surface area contributed by atoms with E-state index in [1.54, 1.807) is 0 Å². The van der Waals surface area contributed by atoms with Crippen LogP contribution in [0.3, 0.4) is 0 Å². The molecule has 0 heterocycles. The first-order valence-electron chi connectivity index (χ1n) is 7.14. The Morgan fingerprint density at radius 3 is 2.14 bits per heavy atom. The van der Waals surface area contributed by atoms with Gasteiger partial charge in [-0.1, -0.05) is 48.5 Å². The smallest absolute Gasteiger partial charge is 0.133 e. The number of hydrogen-bond donors (Lipinski definition) is 1. The minimum atomic E-state index is -0.649. The van der Waals surface area contributed by atoms with Crippen LogP contribution in [0.2, 0.25) is 0 Å². The van der Waals surface area contributed by atoms with Crippen molar-refractivity contribution in [1.82, 2.24) is 5.32 Å². The van der Waals surface area contributed by atoms with Gasteiger partial charge >= 0.3 is 0 Å². The molecule has 0 fully saturated rings. The summed E-state index contributed by atoms with van der Waals surface area (Å²) in [4.78, 5) is 2.17. The molecule has 3 nitrogen and oxygen atoms in total. The molecule has 21 heavy (non-hydrogen) atoms. The summed E-state index contributed by atoms with van der Waals surface area (Å²) in [5, 5.41) is 12.9. The van der Waals surface area contributed by atoms with E-state index in [0.29, 0.717) is 0 Å². The summed E-state index contributed by atoms with van der Waals surface area (Å²) in [5.41, 5.74) is 1.52. The maximum Gasteiger partial charge on any atom is 0.133 e. The lowest BCUT2D eigenvalue weighted by Gasteiger charge is -2.29. The van der Waals surface area contributed by atoms with E-state index in [4.69, 9.17) is 0 Å². The molecule has 0 aromatic heterocycles. The summed E-state index contributed by atoms with van der Waals surface area (Å²) in [6.45, 7) is 0.799. The number of anilines is 1. The fraction of sp³-hybridized carbons (Fsp3) is 0.278. The van der Waals surface area contributed by atoms with Crippen molar-refractivity contribution < 1.29 is 0 Å². The SMILES string of the molecule is CNC(C#N)(CCN(C)c1ccccc1)c1ccccc1. The molecule has 1 unspecified atom stereocenters. The van der Waals surface area contributed by atoms with Crippen LogP contribution in [0.15, 0.2) is 60.7 Å². The fourth-order valence-electron chi connectivity index (χ4n) is 2.46. The molecule has 2 aromatic carbocycles. The van der Waals surface area contributed by atoms with Gasteiger partial charge in [-0.2, -0.15) is 5.26 Å². The lowest BCUT2D eigenvalue weighted by molar-refractivity contribution is 0.436. The van der Waals surface area contributed by atoms with Crippen LogP contribution in [0.25, 0.3) is 0 Å². The summed E-state index contributed by atoms with van der Waals surface area (Å²) < 4.78 is 0. The zero-order valence-electron chi connectivity index (χ0n) is 12.6. The van der Waals surface area contributed by atoms with Crippen molar-refractivity contribution in [2.45, 2.75) is 12.0 Å². The van der Waals surface area contributed by atoms with Crippen LogP contribution in [0.4, 0.5) is 5.69 Å². The summed E-state index contributed by atoms with van der Waals surface area (Å²) >= 11 is 0. The number of rotatable bonds is 6. The van der Waals surface area contributed by atoms with E-state index in [1.165, 1.54) is 0 Å². The summed E-state index contributed by atoms with van der Waals surface area (Å²) in [7, 11) is 3.90. The number of benzene rings is 2. The van der Waals surface area contributed by atoms with Crippen LogP contribution >= 0.6 is 0 Å². The molecule has 0 saturated carbocycles. The van der Waals surface area contributed by atoms with Gasteiger partial charge in [0, 0.05) is 25.7 Å². The normalized spacial score (nSPS) is 13.2. The molecule has 2 rings (SSSR count). The van der Waals surface area contributed by atoms with E-state index in [1.807, 2.05) is 55.6 Å². The van der Waals surface area contributed by atoms with Gasteiger partial charge in [-0.3, -0.25) is 5.32 Å². The van der Waals surface area contributed by atoms with Crippen LogP contribution in [-0.2, 0) is 5.54 Å². The van der Waals surface area contributed by atoms with Gasteiger partial charge in [0.2, 0.25) is 0 Å². The monoisotopic (exact) mass is 279 g/mol. The van der Waals surface area contributed by atoms with Crippen molar-refractivity contribution in [3.8, 4) is 6.07 Å². The molecule has 2 aromatic rings. The summed E-state index contributed by atoms with van der Waals surface area (Å²) in [6.07, 6.45) is 0.718. The summed E-state index contributed by atoms with van der Waals surface area (Å²) in [6, 6.07) is 22.6. The Morgan fingerprint density at radius 2 is 1.62 bits per heavy atom. The molecule has 0 aliphatic carbocycles. The average molecular weight is 279 g/mol. The lowest BCUT2D eigenvalue weighted by Crippen LogP contribution is -2.41. The Balaban J connectivity index is 2.13. The Labute approximate surface area is 126 Å². The molecule has 0 spiro atoms. The topological polar surface area (TPSA) is 39.1 Å². The van der Waals surface area contributed by atoms with E-state index in [-0.39, 0.29) is 0 Å². The standard InChI is InChI=1S/C18H21N3/c1-20-18(15-19,16-9-5-3-6-10-16)13-14-21(2)17-11-7-4-8-12-17/h3-12,20H,13-14H2,1-2H3. The van der Waals surface area contributed by atoms with E-state index in [2.05, 4.69) is 35.5 Å². The maximum atomic E-state index is 9.68. The number of nitrogens with zero attached hydrogens (tertiary/aromatic N) is 2. The third-order valence-electron chi connectivity index (χ3n) is 3.90. The van der Waals surface area contributed by atoms with Crippen LogP contribution in [0, 0.1) is 11.3 Å². The molecule has 1 atom stereocenters. The van der Waals surface area contributed by atoms with E-state index in [0.717, 1.165) is 24.2 Å². The zero-order valence-corrected chi connectivity index (χ0v) is 12.6. The minimum absolute atomic E-state index is 0.649. The van der Waals surface area contributed by atoms with Gasteiger partial charge < -0.3 is 4.90 Å². The number of hydrogen-bond acceptors (Lipinski definition) is 3. The van der Waals surface area contributed by atoms with Crippen molar-refractivity contribution in [3.63, 3.8) is 0 Å². The molecule has 3 heteroatoms. The van der Waals surface area contributed by atoms with Gasteiger partial charge in [0.1, 0.15) is 5.54 Å². The highest BCUT2D eigenvalue weighted by atomic mass is 15.1. The highest BCUT2D eigenvalue weighted by Gasteiger charge is 2.30. The third kappa shape index (κ3) is 3.42.